The fourth-order valence-corrected chi connectivity index (χ4v) is 2.51. The predicted molar refractivity (Wildman–Crippen MR) is 52.8 cm³/mol. The number of nitrogens with zero attached hydrogens (tertiary/aromatic N) is 2. The molecule has 0 radical (unpaired) electrons. The highest BCUT2D eigenvalue weighted by Gasteiger charge is 2.43. The van der Waals surface area contributed by atoms with Gasteiger partial charge in [0.1, 0.15) is 0 Å². The Labute approximate surface area is 84.5 Å². The highest BCUT2D eigenvalue weighted by Crippen LogP contribution is 2.29. The van der Waals surface area contributed by atoms with Crippen LogP contribution in [-0.2, 0) is 4.79 Å². The number of piperazine rings is 1. The molecule has 0 bridgehead atoms. The molecule has 0 spiro atoms. The average Bonchev–Trinajstić information content (AvgIpc) is 2.43. The van der Waals surface area contributed by atoms with Crippen molar-refractivity contribution in [3.05, 3.63) is 0 Å². The maximum absolute atomic E-state index is 11.8. The zero-order valence-corrected chi connectivity index (χ0v) is 8.81. The lowest BCUT2D eigenvalue weighted by atomic mass is 9.99. The van der Waals surface area contributed by atoms with Crippen molar-refractivity contribution in [3.63, 3.8) is 0 Å². The fraction of sp³-hybridized carbons (Fsp3) is 0.900. The smallest absolute Gasteiger partial charge is 0.228 e. The lowest BCUT2D eigenvalue weighted by molar-refractivity contribution is -0.135. The number of aliphatic hydroxyl groups is 1. The summed E-state index contributed by atoms with van der Waals surface area (Å²) in [6.07, 6.45) is 0.319. The molecule has 2 aliphatic heterocycles. The second-order valence-electron chi connectivity index (χ2n) is 4.53. The van der Waals surface area contributed by atoms with Crippen LogP contribution in [0.1, 0.15) is 13.3 Å². The summed E-state index contributed by atoms with van der Waals surface area (Å²) < 4.78 is 0. The van der Waals surface area contributed by atoms with Gasteiger partial charge in [0.25, 0.3) is 0 Å². The van der Waals surface area contributed by atoms with Crippen LogP contribution < -0.4 is 0 Å². The standard InChI is InChI=1S/C10H18N2O2/c1-7(13)9-5-8-6-11(2)3-4-12(8)10(9)14/h7-9,13H,3-6H2,1-2H3. The molecular weight excluding hydrogens is 180 g/mol. The Kier molecular flexibility index (Phi) is 2.49. The summed E-state index contributed by atoms with van der Waals surface area (Å²) in [7, 11) is 2.08. The molecule has 0 aromatic heterocycles. The molecule has 2 fully saturated rings. The summed E-state index contributed by atoms with van der Waals surface area (Å²) in [6.45, 7) is 4.44. The number of carbonyl (C=O) groups is 1. The van der Waals surface area contributed by atoms with Gasteiger partial charge in [-0.3, -0.25) is 4.79 Å². The van der Waals surface area contributed by atoms with E-state index >= 15 is 0 Å². The Morgan fingerprint density at radius 2 is 2.21 bits per heavy atom. The van der Waals surface area contributed by atoms with Crippen molar-refractivity contribution >= 4 is 5.91 Å². The van der Waals surface area contributed by atoms with Gasteiger partial charge in [0.2, 0.25) is 5.91 Å². The van der Waals surface area contributed by atoms with E-state index in [2.05, 4.69) is 11.9 Å². The predicted octanol–water partition coefficient (Wildman–Crippen LogP) is -0.470. The SMILES string of the molecule is CC(O)C1CC2CN(C)CCN2C1=O. The van der Waals surface area contributed by atoms with Gasteiger partial charge in [0.15, 0.2) is 0 Å². The van der Waals surface area contributed by atoms with Crippen LogP contribution in [-0.4, -0.2) is 59.6 Å². The number of aliphatic hydroxyl groups excluding tert-OH is 1. The molecule has 4 nitrogen and oxygen atoms in total. The van der Waals surface area contributed by atoms with Crippen LogP contribution in [0.25, 0.3) is 0 Å². The van der Waals surface area contributed by atoms with Gasteiger partial charge >= 0.3 is 0 Å². The number of likely N-dealkylation sites (N-methyl/N-ethyl adjacent to an activating group) is 1. The number of hydrogen-bond acceptors (Lipinski definition) is 3. The minimum Gasteiger partial charge on any atom is -0.393 e. The molecule has 0 aliphatic carbocycles. The molecule has 1 N–H and O–H groups in total. The van der Waals surface area contributed by atoms with Crippen molar-refractivity contribution in [2.75, 3.05) is 26.7 Å². The summed E-state index contributed by atoms with van der Waals surface area (Å²) in [5.41, 5.74) is 0. The number of rotatable bonds is 1. The van der Waals surface area contributed by atoms with Gasteiger partial charge in [-0.05, 0) is 20.4 Å². The third kappa shape index (κ3) is 1.53. The summed E-state index contributed by atoms with van der Waals surface area (Å²) in [5, 5.41) is 9.47. The minimum atomic E-state index is -0.501. The van der Waals surface area contributed by atoms with Gasteiger partial charge in [-0.1, -0.05) is 0 Å². The van der Waals surface area contributed by atoms with E-state index in [1.807, 2.05) is 4.90 Å². The zero-order chi connectivity index (χ0) is 10.3. The van der Waals surface area contributed by atoms with Crippen molar-refractivity contribution in [3.8, 4) is 0 Å². The Balaban J connectivity index is 2.08. The molecule has 2 aliphatic rings. The van der Waals surface area contributed by atoms with Crippen LogP contribution in [0.4, 0.5) is 0 Å². The highest BCUT2D eigenvalue weighted by atomic mass is 16.3. The first-order valence-electron chi connectivity index (χ1n) is 5.26. The molecular formula is C10H18N2O2. The Bertz CT molecular complexity index is 242. The summed E-state index contributed by atoms with van der Waals surface area (Å²) in [4.78, 5) is 16.0. The van der Waals surface area contributed by atoms with Crippen LogP contribution in [0.5, 0.6) is 0 Å². The Morgan fingerprint density at radius 1 is 1.50 bits per heavy atom. The highest BCUT2D eigenvalue weighted by molar-refractivity contribution is 5.82. The van der Waals surface area contributed by atoms with Gasteiger partial charge in [-0.15, -0.1) is 0 Å². The van der Waals surface area contributed by atoms with Gasteiger partial charge in [0.05, 0.1) is 12.0 Å². The molecule has 3 unspecified atom stereocenters. The van der Waals surface area contributed by atoms with Crippen LogP contribution in [0, 0.1) is 5.92 Å². The number of amides is 1. The second kappa shape index (κ2) is 3.51. The number of carbonyl (C=O) groups excluding carboxylic acids is 1. The molecule has 0 aromatic rings. The number of hydrogen-bond donors (Lipinski definition) is 1. The number of fused-ring (bicyclic) bond motifs is 1. The lowest BCUT2D eigenvalue weighted by Gasteiger charge is -2.35. The van der Waals surface area contributed by atoms with Gasteiger partial charge in [-0.25, -0.2) is 0 Å². The van der Waals surface area contributed by atoms with Gasteiger partial charge in [0, 0.05) is 25.7 Å². The third-order valence-electron chi connectivity index (χ3n) is 3.39. The van der Waals surface area contributed by atoms with E-state index in [4.69, 9.17) is 0 Å². The van der Waals surface area contributed by atoms with E-state index in [-0.39, 0.29) is 11.8 Å². The summed E-state index contributed by atoms with van der Waals surface area (Å²) in [5.74, 6) is -0.00963. The van der Waals surface area contributed by atoms with Crippen LogP contribution in [0.2, 0.25) is 0 Å². The monoisotopic (exact) mass is 198 g/mol. The first kappa shape index (κ1) is 9.93. The van der Waals surface area contributed by atoms with E-state index in [1.165, 1.54) is 0 Å². The molecule has 0 aromatic carbocycles. The topological polar surface area (TPSA) is 43.8 Å². The normalized spacial score (nSPS) is 35.9. The third-order valence-corrected chi connectivity index (χ3v) is 3.39. The van der Waals surface area contributed by atoms with Crippen molar-refractivity contribution in [1.29, 1.82) is 0 Å². The summed E-state index contributed by atoms with van der Waals surface area (Å²) >= 11 is 0. The van der Waals surface area contributed by atoms with Crippen molar-refractivity contribution in [2.45, 2.75) is 25.5 Å². The van der Waals surface area contributed by atoms with Crippen LogP contribution in [0.15, 0.2) is 0 Å². The zero-order valence-electron chi connectivity index (χ0n) is 8.81. The maximum atomic E-state index is 11.8. The average molecular weight is 198 g/mol. The van der Waals surface area contributed by atoms with Crippen molar-refractivity contribution in [2.24, 2.45) is 5.92 Å². The van der Waals surface area contributed by atoms with E-state index in [0.717, 1.165) is 26.1 Å². The Morgan fingerprint density at radius 3 is 2.86 bits per heavy atom. The maximum Gasteiger partial charge on any atom is 0.228 e. The molecule has 2 rings (SSSR count). The van der Waals surface area contributed by atoms with Gasteiger partial charge < -0.3 is 14.9 Å². The quantitative estimate of drug-likeness (QED) is 0.619. The lowest BCUT2D eigenvalue weighted by Crippen LogP contribution is -2.50. The summed E-state index contributed by atoms with van der Waals surface area (Å²) in [6, 6.07) is 0.334. The minimum absolute atomic E-state index is 0.151. The van der Waals surface area contributed by atoms with Crippen molar-refractivity contribution < 1.29 is 9.90 Å². The van der Waals surface area contributed by atoms with E-state index < -0.39 is 6.10 Å². The largest absolute Gasteiger partial charge is 0.393 e. The van der Waals surface area contributed by atoms with E-state index in [1.54, 1.807) is 6.92 Å². The molecule has 2 saturated heterocycles. The van der Waals surface area contributed by atoms with Crippen molar-refractivity contribution in [1.82, 2.24) is 9.80 Å². The molecule has 80 valence electrons. The molecule has 4 heteroatoms. The van der Waals surface area contributed by atoms with Crippen LogP contribution in [0.3, 0.4) is 0 Å². The molecule has 14 heavy (non-hydrogen) atoms. The fourth-order valence-electron chi connectivity index (χ4n) is 2.51. The molecule has 3 atom stereocenters. The van der Waals surface area contributed by atoms with E-state index in [0.29, 0.717) is 6.04 Å². The Hall–Kier alpha value is -0.610. The molecule has 2 heterocycles. The first-order valence-corrected chi connectivity index (χ1v) is 5.26. The molecule has 0 saturated carbocycles. The second-order valence-corrected chi connectivity index (χ2v) is 4.53. The van der Waals surface area contributed by atoms with Gasteiger partial charge in [-0.2, -0.15) is 0 Å². The van der Waals surface area contributed by atoms with Crippen LogP contribution >= 0.6 is 0 Å². The first-order chi connectivity index (χ1) is 6.59. The molecule has 1 amide bonds. The van der Waals surface area contributed by atoms with E-state index in [9.17, 15) is 9.90 Å².